The van der Waals surface area contributed by atoms with Crippen molar-refractivity contribution >= 4 is 0 Å². The quantitative estimate of drug-likeness (QED) is 0.554. The molecule has 2 nitrogen and oxygen atoms in total. The van der Waals surface area contributed by atoms with Crippen LogP contribution in [0, 0.1) is 28.6 Å². The topological polar surface area (TPSA) is 47.6 Å². The van der Waals surface area contributed by atoms with Crippen LogP contribution in [-0.4, -0.2) is 0 Å². The van der Waals surface area contributed by atoms with Crippen molar-refractivity contribution in [2.45, 2.75) is 19.8 Å². The molecule has 0 saturated carbocycles. The van der Waals surface area contributed by atoms with E-state index in [9.17, 15) is 0 Å². The molecule has 0 aliphatic carbocycles. The Kier molecular flexibility index (Phi) is 5.10. The van der Waals surface area contributed by atoms with Crippen LogP contribution < -0.4 is 0 Å². The molecular formula is C8H10N2. The van der Waals surface area contributed by atoms with Gasteiger partial charge in [0.1, 0.15) is 0 Å². The van der Waals surface area contributed by atoms with E-state index in [-0.39, 0.29) is 5.92 Å². The summed E-state index contributed by atoms with van der Waals surface area (Å²) >= 11 is 0. The smallest absolute Gasteiger partial charge is 0.0909 e. The van der Waals surface area contributed by atoms with Crippen molar-refractivity contribution in [1.82, 2.24) is 0 Å². The zero-order chi connectivity index (χ0) is 7.82. The van der Waals surface area contributed by atoms with Gasteiger partial charge in [0.05, 0.1) is 18.1 Å². The summed E-state index contributed by atoms with van der Waals surface area (Å²) in [6.07, 6.45) is 4.83. The third-order valence-electron chi connectivity index (χ3n) is 1.17. The zero-order valence-corrected chi connectivity index (χ0v) is 6.04. The summed E-state index contributed by atoms with van der Waals surface area (Å²) in [6, 6.07) is 3.96. The summed E-state index contributed by atoms with van der Waals surface area (Å²) in [5.74, 6) is -0.0790. The van der Waals surface area contributed by atoms with Crippen LogP contribution in [0.25, 0.3) is 0 Å². The van der Waals surface area contributed by atoms with Crippen LogP contribution in [0.2, 0.25) is 0 Å². The monoisotopic (exact) mass is 134 g/mol. The van der Waals surface area contributed by atoms with Gasteiger partial charge in [0.15, 0.2) is 0 Å². The summed E-state index contributed by atoms with van der Waals surface area (Å²) < 4.78 is 0. The fraction of sp³-hybridized carbons (Fsp3) is 0.500. The second kappa shape index (κ2) is 5.85. The van der Waals surface area contributed by atoms with Gasteiger partial charge in [-0.2, -0.15) is 10.5 Å². The number of allylic oxidation sites excluding steroid dienone is 2. The first-order valence-corrected chi connectivity index (χ1v) is 3.31. The van der Waals surface area contributed by atoms with E-state index in [1.54, 1.807) is 6.08 Å². The maximum absolute atomic E-state index is 8.47. The summed E-state index contributed by atoms with van der Waals surface area (Å²) in [4.78, 5) is 0. The van der Waals surface area contributed by atoms with Crippen LogP contribution in [0.4, 0.5) is 0 Å². The standard InChI is InChI=1S/C8H10N2/c1-2-4-8(7-10)5-3-6-9/h3,5,8H,2,4H2,1H3. The summed E-state index contributed by atoms with van der Waals surface area (Å²) in [5, 5.41) is 16.6. The molecule has 0 bridgehead atoms. The van der Waals surface area contributed by atoms with Gasteiger partial charge in [-0.1, -0.05) is 19.4 Å². The molecule has 0 fully saturated rings. The van der Waals surface area contributed by atoms with Crippen molar-refractivity contribution in [3.63, 3.8) is 0 Å². The van der Waals surface area contributed by atoms with Crippen LogP contribution in [0.3, 0.4) is 0 Å². The molecule has 0 spiro atoms. The molecule has 1 atom stereocenters. The summed E-state index contributed by atoms with van der Waals surface area (Å²) in [7, 11) is 0. The highest BCUT2D eigenvalue weighted by atomic mass is 14.3. The zero-order valence-electron chi connectivity index (χ0n) is 6.04. The minimum Gasteiger partial charge on any atom is -0.198 e. The van der Waals surface area contributed by atoms with Gasteiger partial charge in [-0.25, -0.2) is 0 Å². The number of hydrogen-bond donors (Lipinski definition) is 0. The van der Waals surface area contributed by atoms with Crippen molar-refractivity contribution in [2.75, 3.05) is 0 Å². The van der Waals surface area contributed by atoms with E-state index in [4.69, 9.17) is 10.5 Å². The van der Waals surface area contributed by atoms with Crippen LogP contribution in [-0.2, 0) is 0 Å². The molecule has 2 heteroatoms. The Hall–Kier alpha value is -1.28. The van der Waals surface area contributed by atoms with E-state index in [0.717, 1.165) is 12.8 Å². The minimum absolute atomic E-state index is 0.0790. The molecule has 10 heavy (non-hydrogen) atoms. The minimum atomic E-state index is -0.0790. The predicted octanol–water partition coefficient (Wildman–Crippen LogP) is 2.01. The summed E-state index contributed by atoms with van der Waals surface area (Å²) in [6.45, 7) is 2.02. The molecule has 0 aromatic rings. The second-order valence-electron chi connectivity index (χ2n) is 2.01. The van der Waals surface area contributed by atoms with Crippen molar-refractivity contribution in [1.29, 1.82) is 10.5 Å². The van der Waals surface area contributed by atoms with Crippen molar-refractivity contribution in [3.8, 4) is 12.1 Å². The molecular weight excluding hydrogens is 124 g/mol. The second-order valence-corrected chi connectivity index (χ2v) is 2.01. The lowest BCUT2D eigenvalue weighted by Crippen LogP contribution is -1.89. The highest BCUT2D eigenvalue weighted by Crippen LogP contribution is 2.05. The Morgan fingerprint density at radius 2 is 2.20 bits per heavy atom. The molecule has 1 unspecified atom stereocenters. The Morgan fingerprint density at radius 3 is 2.60 bits per heavy atom. The van der Waals surface area contributed by atoms with E-state index in [2.05, 4.69) is 6.07 Å². The first-order chi connectivity index (χ1) is 4.85. The van der Waals surface area contributed by atoms with Crippen LogP contribution in [0.15, 0.2) is 12.2 Å². The molecule has 0 rings (SSSR count). The first-order valence-electron chi connectivity index (χ1n) is 3.31. The van der Waals surface area contributed by atoms with Crippen LogP contribution in [0.1, 0.15) is 19.8 Å². The number of rotatable bonds is 3. The number of hydrogen-bond acceptors (Lipinski definition) is 2. The molecule has 0 saturated heterocycles. The van der Waals surface area contributed by atoms with E-state index in [1.807, 2.05) is 13.0 Å². The highest BCUT2D eigenvalue weighted by Gasteiger charge is 1.98. The van der Waals surface area contributed by atoms with Gasteiger partial charge in [-0.05, 0) is 6.42 Å². The lowest BCUT2D eigenvalue weighted by molar-refractivity contribution is 0.702. The van der Waals surface area contributed by atoms with Crippen molar-refractivity contribution in [2.24, 2.45) is 5.92 Å². The average Bonchev–Trinajstić information content (AvgIpc) is 1.98. The largest absolute Gasteiger partial charge is 0.198 e. The lowest BCUT2D eigenvalue weighted by atomic mass is 10.1. The molecule has 0 amide bonds. The fourth-order valence-electron chi connectivity index (χ4n) is 0.674. The predicted molar refractivity (Wildman–Crippen MR) is 38.8 cm³/mol. The van der Waals surface area contributed by atoms with Gasteiger partial charge >= 0.3 is 0 Å². The van der Waals surface area contributed by atoms with Gasteiger partial charge in [0.25, 0.3) is 0 Å². The Labute approximate surface area is 61.4 Å². The van der Waals surface area contributed by atoms with Gasteiger partial charge in [0, 0.05) is 6.08 Å². The normalized spacial score (nSPS) is 12.3. The molecule has 52 valence electrons. The molecule has 0 heterocycles. The highest BCUT2D eigenvalue weighted by molar-refractivity contribution is 5.08. The average molecular weight is 134 g/mol. The Balaban J connectivity index is 3.77. The Morgan fingerprint density at radius 1 is 1.50 bits per heavy atom. The first kappa shape index (κ1) is 8.72. The van der Waals surface area contributed by atoms with Crippen LogP contribution >= 0.6 is 0 Å². The van der Waals surface area contributed by atoms with Gasteiger partial charge in [-0.15, -0.1) is 0 Å². The molecule has 0 aromatic heterocycles. The van der Waals surface area contributed by atoms with Crippen molar-refractivity contribution in [3.05, 3.63) is 12.2 Å². The molecule has 0 aliphatic heterocycles. The van der Waals surface area contributed by atoms with Gasteiger partial charge in [0.2, 0.25) is 0 Å². The molecule has 0 radical (unpaired) electrons. The van der Waals surface area contributed by atoms with Gasteiger partial charge in [-0.3, -0.25) is 0 Å². The number of nitriles is 2. The SMILES string of the molecule is CCCC(C#N)C=CC#N. The molecule has 0 aromatic carbocycles. The lowest BCUT2D eigenvalue weighted by Gasteiger charge is -1.96. The summed E-state index contributed by atoms with van der Waals surface area (Å²) in [5.41, 5.74) is 0. The molecule has 0 N–H and O–H groups in total. The maximum Gasteiger partial charge on any atom is 0.0909 e. The van der Waals surface area contributed by atoms with Gasteiger partial charge < -0.3 is 0 Å². The van der Waals surface area contributed by atoms with E-state index in [0.29, 0.717) is 0 Å². The third kappa shape index (κ3) is 3.69. The Bertz CT molecular complexity index is 180. The van der Waals surface area contributed by atoms with E-state index >= 15 is 0 Å². The van der Waals surface area contributed by atoms with E-state index in [1.165, 1.54) is 6.08 Å². The van der Waals surface area contributed by atoms with Crippen molar-refractivity contribution < 1.29 is 0 Å². The third-order valence-corrected chi connectivity index (χ3v) is 1.17. The fourth-order valence-corrected chi connectivity index (χ4v) is 0.674. The molecule has 0 aliphatic rings. The van der Waals surface area contributed by atoms with Crippen LogP contribution in [0.5, 0.6) is 0 Å². The maximum atomic E-state index is 8.47. The van der Waals surface area contributed by atoms with E-state index < -0.39 is 0 Å². The number of nitrogens with zero attached hydrogens (tertiary/aromatic N) is 2.